The maximum Gasteiger partial charge on any atom is 0.864 e. The molecule has 0 fully saturated rings. The van der Waals surface area contributed by atoms with Crippen molar-refractivity contribution in [2.75, 3.05) is 0 Å². The quantitative estimate of drug-likeness (QED) is 0.0950. The average molecular weight is 824 g/mol. The van der Waals surface area contributed by atoms with Crippen molar-refractivity contribution in [2.24, 2.45) is 0 Å². The lowest BCUT2D eigenvalue weighted by Gasteiger charge is -2.22. The first kappa shape index (κ1) is 37.3. The fourth-order valence-corrected chi connectivity index (χ4v) is 7.67. The summed E-state index contributed by atoms with van der Waals surface area (Å²) in [5.41, 5.74) is -9.27. The van der Waals surface area contributed by atoms with Gasteiger partial charge in [-0.05, 0) is 34.9 Å². The van der Waals surface area contributed by atoms with E-state index in [1.807, 2.05) is 0 Å². The Morgan fingerprint density at radius 1 is 0.293 bits per heavy atom. The molecule has 0 heterocycles. The Labute approximate surface area is 314 Å². The van der Waals surface area contributed by atoms with Crippen LogP contribution in [-0.2, 0) is 19.3 Å². The van der Waals surface area contributed by atoms with Gasteiger partial charge in [0.25, 0.3) is 0 Å². The molecule has 0 bridgehead atoms. The number of benzene rings is 6. The van der Waals surface area contributed by atoms with E-state index >= 15 is 52.7 Å². The molecule has 3 aliphatic rings. The predicted octanol–water partition coefficient (Wildman–Crippen LogP) is 11.0. The summed E-state index contributed by atoms with van der Waals surface area (Å²) in [5.74, 6) is -34.5. The van der Waals surface area contributed by atoms with Crippen LogP contribution in [0.25, 0.3) is 33.4 Å². The molecule has 6 aromatic carbocycles. The van der Waals surface area contributed by atoms with Gasteiger partial charge < -0.3 is 14.0 Å². The first-order valence-electron chi connectivity index (χ1n) is 16.5. The third kappa shape index (κ3) is 5.06. The first-order chi connectivity index (χ1) is 27.5. The maximum absolute atomic E-state index is 15.8. The molecule has 19 heteroatoms. The molecule has 0 radical (unpaired) electrons. The highest BCUT2D eigenvalue weighted by Crippen LogP contribution is 2.51. The second-order valence-electron chi connectivity index (χ2n) is 13.2. The van der Waals surface area contributed by atoms with Crippen LogP contribution >= 0.6 is 0 Å². The highest BCUT2D eigenvalue weighted by atomic mass is 19.2. The van der Waals surface area contributed by atoms with Gasteiger partial charge in [-0.3, -0.25) is 0 Å². The zero-order valence-electron chi connectivity index (χ0n) is 28.1. The largest absolute Gasteiger partial charge is 0.864 e. The molecule has 3 nitrogen and oxygen atoms in total. The maximum atomic E-state index is 15.8. The molecule has 0 saturated heterocycles. The minimum Gasteiger partial charge on any atom is -0.486 e. The summed E-state index contributed by atoms with van der Waals surface area (Å²) in [6.07, 6.45) is -2.29. The molecule has 0 aliphatic heterocycles. The van der Waals surface area contributed by atoms with Crippen LogP contribution in [0.2, 0.25) is 0 Å². The van der Waals surface area contributed by atoms with Gasteiger partial charge in [0, 0.05) is 69.3 Å². The van der Waals surface area contributed by atoms with E-state index in [1.54, 1.807) is 0 Å². The molecular weight excluding hydrogens is 812 g/mol. The Morgan fingerprint density at radius 2 is 0.552 bits per heavy atom. The van der Waals surface area contributed by atoms with Crippen molar-refractivity contribution in [3.8, 4) is 50.6 Å². The molecule has 3 aliphatic carbocycles. The van der Waals surface area contributed by atoms with Gasteiger partial charge >= 0.3 is 7.32 Å². The summed E-state index contributed by atoms with van der Waals surface area (Å²) in [4.78, 5) is 0. The van der Waals surface area contributed by atoms with Crippen LogP contribution in [-0.4, -0.2) is 7.32 Å². The molecule has 0 N–H and O–H groups in total. The highest BCUT2D eigenvalue weighted by molar-refractivity contribution is 6.40. The SMILES string of the molecule is Fc1ccc2c(c1F)-c1c(F)c(F)c(F)c(OB(Oc3c(F)c(F)c(F)c4c3Cc3ccc(F)c(F)c3-4)Oc3c(F)c(F)c(F)c4c3Cc3ccc(F)c(F)c3-4)c1C2. The van der Waals surface area contributed by atoms with Crippen molar-refractivity contribution in [1.29, 1.82) is 0 Å². The van der Waals surface area contributed by atoms with E-state index in [9.17, 15) is 13.2 Å². The second kappa shape index (κ2) is 12.9. The summed E-state index contributed by atoms with van der Waals surface area (Å²) in [6.45, 7) is 0. The molecular formula is C39H12BF15O3. The van der Waals surface area contributed by atoms with Crippen LogP contribution in [0.1, 0.15) is 33.4 Å². The normalized spacial score (nSPS) is 12.9. The van der Waals surface area contributed by atoms with E-state index in [0.717, 1.165) is 18.2 Å². The number of fused-ring (bicyclic) bond motifs is 9. The van der Waals surface area contributed by atoms with Gasteiger partial charge in [0.05, 0.1) is 0 Å². The van der Waals surface area contributed by atoms with E-state index in [1.165, 1.54) is 0 Å². The fourth-order valence-electron chi connectivity index (χ4n) is 7.67. The van der Waals surface area contributed by atoms with E-state index in [0.29, 0.717) is 18.2 Å². The fraction of sp³-hybridized carbons (Fsp3) is 0.0769. The smallest absolute Gasteiger partial charge is 0.486 e. The first-order valence-corrected chi connectivity index (χ1v) is 16.5. The summed E-state index contributed by atoms with van der Waals surface area (Å²) >= 11 is 0. The summed E-state index contributed by atoms with van der Waals surface area (Å²) in [5, 5.41) is 0. The van der Waals surface area contributed by atoms with Crippen molar-refractivity contribution in [3.63, 3.8) is 0 Å². The Kier molecular flexibility index (Phi) is 8.28. The minimum absolute atomic E-state index is 0.269. The lowest BCUT2D eigenvalue weighted by atomic mass is 10.0. The van der Waals surface area contributed by atoms with Gasteiger partial charge in [-0.2, -0.15) is 13.2 Å². The molecule has 0 saturated carbocycles. The third-order valence-electron chi connectivity index (χ3n) is 10.2. The van der Waals surface area contributed by atoms with Crippen LogP contribution < -0.4 is 14.0 Å². The van der Waals surface area contributed by atoms with Crippen molar-refractivity contribution in [2.45, 2.75) is 19.3 Å². The lowest BCUT2D eigenvalue weighted by molar-refractivity contribution is 0.275. The molecule has 9 rings (SSSR count). The Morgan fingerprint density at radius 3 is 0.810 bits per heavy atom. The van der Waals surface area contributed by atoms with E-state index in [2.05, 4.69) is 0 Å². The second-order valence-corrected chi connectivity index (χ2v) is 13.2. The van der Waals surface area contributed by atoms with Gasteiger partial charge in [0.15, 0.2) is 69.8 Å². The average Bonchev–Trinajstić information content (AvgIpc) is 3.91. The van der Waals surface area contributed by atoms with Crippen molar-refractivity contribution >= 4 is 7.32 Å². The summed E-state index contributed by atoms with van der Waals surface area (Å²) < 4.78 is 243. The standard InChI is InChI=1S/C39H12BF15O3/c41-16-4-1-10-7-13-22(19(10)25(16)44)28(47)31(50)34(53)37(13)56-40(57-38-14-8-11-2-5-17(42)26(45)20(11)23(14)29(48)32(51)35(38)54)58-39-15-9-12-3-6-18(43)27(46)21(12)24(15)30(49)33(52)36(39)55/h1-6H,7-9H2. The van der Waals surface area contributed by atoms with Gasteiger partial charge in [-0.15, -0.1) is 0 Å². The van der Waals surface area contributed by atoms with Crippen LogP contribution in [0.4, 0.5) is 65.9 Å². The highest BCUT2D eigenvalue weighted by Gasteiger charge is 2.45. The molecule has 0 spiro atoms. The lowest BCUT2D eigenvalue weighted by Crippen LogP contribution is -2.39. The van der Waals surface area contributed by atoms with Crippen LogP contribution in [0.3, 0.4) is 0 Å². The van der Waals surface area contributed by atoms with Gasteiger partial charge in [-0.1, -0.05) is 18.2 Å². The summed E-state index contributed by atoms with van der Waals surface area (Å²) in [7, 11) is -3.14. The monoisotopic (exact) mass is 824 g/mol. The van der Waals surface area contributed by atoms with Crippen molar-refractivity contribution in [3.05, 3.63) is 157 Å². The van der Waals surface area contributed by atoms with Crippen molar-refractivity contribution in [1.82, 2.24) is 0 Å². The van der Waals surface area contributed by atoms with Crippen molar-refractivity contribution < 1.29 is 79.8 Å². The zero-order valence-corrected chi connectivity index (χ0v) is 28.1. The van der Waals surface area contributed by atoms with Gasteiger partial charge in [-0.25, -0.2) is 52.7 Å². The molecule has 58 heavy (non-hydrogen) atoms. The molecule has 0 atom stereocenters. The van der Waals surface area contributed by atoms with E-state index in [-0.39, 0.29) is 16.7 Å². The van der Waals surface area contributed by atoms with E-state index < -0.39 is 181 Å². The molecule has 0 amide bonds. The molecule has 6 aromatic rings. The third-order valence-corrected chi connectivity index (χ3v) is 10.2. The van der Waals surface area contributed by atoms with Gasteiger partial charge in [0.2, 0.25) is 17.5 Å². The van der Waals surface area contributed by atoms with Crippen LogP contribution in [0.5, 0.6) is 17.2 Å². The number of rotatable bonds is 6. The van der Waals surface area contributed by atoms with Gasteiger partial charge in [0.1, 0.15) is 17.2 Å². The minimum atomic E-state index is -3.14. The Bertz CT molecular complexity index is 2580. The Balaban J connectivity index is 1.25. The van der Waals surface area contributed by atoms with Crippen LogP contribution in [0.15, 0.2) is 36.4 Å². The molecule has 0 unspecified atom stereocenters. The van der Waals surface area contributed by atoms with Crippen LogP contribution in [0, 0.1) is 87.3 Å². The molecule has 294 valence electrons. The molecule has 0 aromatic heterocycles. The predicted molar refractivity (Wildman–Crippen MR) is 171 cm³/mol. The number of halogens is 15. The zero-order chi connectivity index (χ0) is 41.4. The number of hydrogen-bond acceptors (Lipinski definition) is 3. The Hall–Kier alpha value is -6.27. The topological polar surface area (TPSA) is 27.7 Å². The number of hydrogen-bond donors (Lipinski definition) is 0. The van der Waals surface area contributed by atoms with E-state index in [4.69, 9.17) is 14.0 Å². The summed E-state index contributed by atoms with van der Waals surface area (Å²) in [6, 6.07) is 4.53.